The van der Waals surface area contributed by atoms with E-state index in [0.717, 1.165) is 37.2 Å². The molecule has 0 radical (unpaired) electrons. The molecule has 0 unspecified atom stereocenters. The summed E-state index contributed by atoms with van der Waals surface area (Å²) < 4.78 is 0. The Morgan fingerprint density at radius 3 is 2.87 bits per heavy atom. The van der Waals surface area contributed by atoms with Crippen molar-refractivity contribution < 1.29 is 4.79 Å². The van der Waals surface area contributed by atoms with Crippen LogP contribution in [0.2, 0.25) is 10.0 Å². The van der Waals surface area contributed by atoms with Gasteiger partial charge in [0.05, 0.1) is 10.9 Å². The van der Waals surface area contributed by atoms with Crippen LogP contribution in [0.25, 0.3) is 0 Å². The first kappa shape index (κ1) is 17.4. The van der Waals surface area contributed by atoms with Gasteiger partial charge in [0, 0.05) is 22.3 Å². The molecule has 2 aliphatic rings. The van der Waals surface area contributed by atoms with Crippen molar-refractivity contribution in [1.82, 2.24) is 16.0 Å². The van der Waals surface area contributed by atoms with Gasteiger partial charge in [-0.1, -0.05) is 29.3 Å². The molecule has 3 rings (SSSR count). The van der Waals surface area contributed by atoms with E-state index in [-0.39, 0.29) is 16.8 Å². The highest BCUT2D eigenvalue weighted by atomic mass is 35.5. The van der Waals surface area contributed by atoms with Crippen molar-refractivity contribution in [3.63, 3.8) is 0 Å². The number of nitrogens with one attached hydrogen (secondary N) is 3. The van der Waals surface area contributed by atoms with Crippen LogP contribution in [0, 0.1) is 0 Å². The zero-order valence-electron chi connectivity index (χ0n) is 12.8. The van der Waals surface area contributed by atoms with Gasteiger partial charge < -0.3 is 10.6 Å². The van der Waals surface area contributed by atoms with Gasteiger partial charge in [0.25, 0.3) is 0 Å². The number of hydrogen-bond donors (Lipinski definition) is 3. The Hall–Kier alpha value is -0.460. The molecule has 23 heavy (non-hydrogen) atoms. The van der Waals surface area contributed by atoms with Gasteiger partial charge in [0.15, 0.2) is 0 Å². The first-order valence-corrected chi connectivity index (χ1v) is 9.66. The molecular formula is C16H21Cl2N3OS. The molecular weight excluding hydrogens is 353 g/mol. The second-order valence-corrected chi connectivity index (χ2v) is 8.28. The van der Waals surface area contributed by atoms with Crippen molar-refractivity contribution in [3.8, 4) is 0 Å². The second-order valence-electron chi connectivity index (χ2n) is 6.03. The monoisotopic (exact) mass is 373 g/mol. The standard InChI is InChI=1S/C16H21Cl2N3OS/c17-12-2-1-11(13(18)9-12)3-6-20-15(22)14-10-23-16(21-14)4-7-19-8-5-16/h1-2,9,14,19,21H,3-8,10H2,(H,20,22)/t14-/m0/s1. The van der Waals surface area contributed by atoms with E-state index < -0.39 is 0 Å². The molecule has 7 heteroatoms. The lowest BCUT2D eigenvalue weighted by Gasteiger charge is -2.33. The molecule has 126 valence electrons. The highest BCUT2D eigenvalue weighted by molar-refractivity contribution is 8.01. The van der Waals surface area contributed by atoms with E-state index in [1.165, 1.54) is 0 Å². The number of amides is 1. The SMILES string of the molecule is O=C(NCCc1ccc(Cl)cc1Cl)[C@@H]1CSC2(CCNCC2)N1. The molecule has 1 spiro atoms. The van der Waals surface area contributed by atoms with Crippen molar-refractivity contribution in [1.29, 1.82) is 0 Å². The summed E-state index contributed by atoms with van der Waals surface area (Å²) in [6.45, 7) is 2.62. The summed E-state index contributed by atoms with van der Waals surface area (Å²) in [5, 5.41) is 11.2. The molecule has 0 aromatic heterocycles. The van der Waals surface area contributed by atoms with Crippen LogP contribution in [0.4, 0.5) is 0 Å². The third-order valence-corrected chi connectivity index (χ3v) is 6.57. The predicted octanol–water partition coefficient (Wildman–Crippen LogP) is 2.44. The molecule has 1 amide bonds. The number of carbonyl (C=O) groups is 1. The van der Waals surface area contributed by atoms with E-state index in [1.54, 1.807) is 6.07 Å². The number of halogens is 2. The lowest BCUT2D eigenvalue weighted by Crippen LogP contribution is -2.53. The third kappa shape index (κ3) is 4.34. The van der Waals surface area contributed by atoms with Gasteiger partial charge in [0.2, 0.25) is 5.91 Å². The summed E-state index contributed by atoms with van der Waals surface area (Å²) in [4.78, 5) is 12.4. The quantitative estimate of drug-likeness (QED) is 0.758. The molecule has 0 saturated carbocycles. The molecule has 0 bridgehead atoms. The van der Waals surface area contributed by atoms with Crippen LogP contribution in [0.5, 0.6) is 0 Å². The van der Waals surface area contributed by atoms with Gasteiger partial charge in [-0.3, -0.25) is 10.1 Å². The van der Waals surface area contributed by atoms with Crippen LogP contribution in [0.15, 0.2) is 18.2 Å². The first-order chi connectivity index (χ1) is 11.1. The molecule has 2 saturated heterocycles. The topological polar surface area (TPSA) is 53.2 Å². The fourth-order valence-electron chi connectivity index (χ4n) is 3.07. The smallest absolute Gasteiger partial charge is 0.238 e. The average molecular weight is 374 g/mol. The number of thioether (sulfide) groups is 1. The van der Waals surface area contributed by atoms with Crippen molar-refractivity contribution in [2.75, 3.05) is 25.4 Å². The lowest BCUT2D eigenvalue weighted by molar-refractivity contribution is -0.122. The molecule has 4 nitrogen and oxygen atoms in total. The van der Waals surface area contributed by atoms with Gasteiger partial charge in [-0.2, -0.15) is 0 Å². The van der Waals surface area contributed by atoms with Crippen LogP contribution < -0.4 is 16.0 Å². The van der Waals surface area contributed by atoms with Crippen LogP contribution >= 0.6 is 35.0 Å². The van der Waals surface area contributed by atoms with E-state index in [1.807, 2.05) is 23.9 Å². The lowest BCUT2D eigenvalue weighted by atomic mass is 10.0. The fraction of sp³-hybridized carbons (Fsp3) is 0.562. The zero-order chi connectivity index (χ0) is 16.3. The number of benzene rings is 1. The Labute approximate surface area is 151 Å². The van der Waals surface area contributed by atoms with Crippen LogP contribution in [0.3, 0.4) is 0 Å². The Morgan fingerprint density at radius 2 is 2.13 bits per heavy atom. The van der Waals surface area contributed by atoms with E-state index in [9.17, 15) is 4.79 Å². The minimum Gasteiger partial charge on any atom is -0.354 e. The summed E-state index contributed by atoms with van der Waals surface area (Å²) in [5.74, 6) is 0.922. The van der Waals surface area contributed by atoms with Crippen molar-refractivity contribution in [2.45, 2.75) is 30.2 Å². The van der Waals surface area contributed by atoms with Gasteiger partial charge in [-0.15, -0.1) is 11.8 Å². The maximum absolute atomic E-state index is 12.3. The minimum absolute atomic E-state index is 0.0815. The number of piperidine rings is 1. The first-order valence-electron chi connectivity index (χ1n) is 7.92. The molecule has 1 aromatic rings. The normalized spacial score (nSPS) is 23.1. The minimum atomic E-state index is -0.0983. The Kier molecular flexibility index (Phi) is 5.75. The largest absolute Gasteiger partial charge is 0.354 e. The van der Waals surface area contributed by atoms with E-state index in [4.69, 9.17) is 23.2 Å². The Morgan fingerprint density at radius 1 is 1.35 bits per heavy atom. The molecule has 2 fully saturated rings. The van der Waals surface area contributed by atoms with Crippen LogP contribution in [-0.4, -0.2) is 42.2 Å². The van der Waals surface area contributed by atoms with E-state index in [0.29, 0.717) is 23.0 Å². The molecule has 1 atom stereocenters. The molecule has 0 aliphatic carbocycles. The van der Waals surface area contributed by atoms with Gasteiger partial charge in [-0.05, 0) is 50.0 Å². The van der Waals surface area contributed by atoms with Gasteiger partial charge >= 0.3 is 0 Å². The zero-order valence-corrected chi connectivity index (χ0v) is 15.2. The molecule has 3 N–H and O–H groups in total. The maximum atomic E-state index is 12.3. The Balaban J connectivity index is 1.46. The number of carbonyl (C=O) groups excluding carboxylic acids is 1. The summed E-state index contributed by atoms with van der Waals surface area (Å²) in [5.41, 5.74) is 1.000. The molecule has 1 aromatic carbocycles. The fourth-order valence-corrected chi connectivity index (χ4v) is 5.01. The summed E-state index contributed by atoms with van der Waals surface area (Å²) in [7, 11) is 0. The third-order valence-electron chi connectivity index (χ3n) is 4.40. The average Bonchev–Trinajstić information content (AvgIpc) is 2.94. The number of rotatable bonds is 4. The van der Waals surface area contributed by atoms with Crippen molar-refractivity contribution in [3.05, 3.63) is 33.8 Å². The summed E-state index contributed by atoms with van der Waals surface area (Å²) in [6, 6.07) is 5.36. The molecule has 2 heterocycles. The highest BCUT2D eigenvalue weighted by Crippen LogP contribution is 2.37. The molecule has 2 aliphatic heterocycles. The van der Waals surface area contributed by atoms with Gasteiger partial charge in [-0.25, -0.2) is 0 Å². The van der Waals surface area contributed by atoms with Crippen LogP contribution in [0.1, 0.15) is 18.4 Å². The highest BCUT2D eigenvalue weighted by Gasteiger charge is 2.42. The maximum Gasteiger partial charge on any atom is 0.238 e. The van der Waals surface area contributed by atoms with E-state index in [2.05, 4.69) is 16.0 Å². The van der Waals surface area contributed by atoms with Gasteiger partial charge in [0.1, 0.15) is 0 Å². The Bertz CT molecular complexity index is 578. The number of hydrogen-bond acceptors (Lipinski definition) is 4. The summed E-state index contributed by atoms with van der Waals surface area (Å²) in [6.07, 6.45) is 2.85. The van der Waals surface area contributed by atoms with Crippen LogP contribution in [-0.2, 0) is 11.2 Å². The second kappa shape index (κ2) is 7.62. The summed E-state index contributed by atoms with van der Waals surface area (Å²) >= 11 is 13.9. The van der Waals surface area contributed by atoms with E-state index >= 15 is 0 Å². The predicted molar refractivity (Wildman–Crippen MR) is 97.4 cm³/mol. The van der Waals surface area contributed by atoms with Crippen molar-refractivity contribution >= 4 is 40.9 Å². The van der Waals surface area contributed by atoms with Crippen molar-refractivity contribution in [2.24, 2.45) is 0 Å².